The van der Waals surface area contributed by atoms with Crippen molar-refractivity contribution in [3.8, 4) is 0 Å². The summed E-state index contributed by atoms with van der Waals surface area (Å²) in [7, 11) is -0.522. The first kappa shape index (κ1) is 27.4. The number of rotatable bonds is 7. The van der Waals surface area contributed by atoms with E-state index < -0.39 is 10.8 Å². The van der Waals surface area contributed by atoms with Crippen molar-refractivity contribution in [2.45, 2.75) is 44.3 Å². The smallest absolute Gasteiger partial charge is 0.280 e. The second kappa shape index (κ2) is 11.1. The van der Waals surface area contributed by atoms with Crippen LogP contribution in [0.2, 0.25) is 5.02 Å². The van der Waals surface area contributed by atoms with E-state index in [-0.39, 0.29) is 29.8 Å². The van der Waals surface area contributed by atoms with Crippen molar-refractivity contribution in [3.05, 3.63) is 50.6 Å². The van der Waals surface area contributed by atoms with E-state index in [1.54, 1.807) is 18.2 Å². The summed E-state index contributed by atoms with van der Waals surface area (Å²) in [6, 6.07) is 6.59. The molecule has 1 aliphatic carbocycles. The van der Waals surface area contributed by atoms with Crippen LogP contribution in [0.5, 0.6) is 0 Å². The van der Waals surface area contributed by atoms with Crippen molar-refractivity contribution in [1.82, 2.24) is 30.2 Å². The molecule has 206 valence electrons. The van der Waals surface area contributed by atoms with Gasteiger partial charge in [-0.15, -0.1) is 11.3 Å². The normalized spacial score (nSPS) is 24.4. The molecule has 0 bridgehead atoms. The summed E-state index contributed by atoms with van der Waals surface area (Å²) in [5.74, 6) is -0.334. The maximum atomic E-state index is 13.3. The summed E-state index contributed by atoms with van der Waals surface area (Å²) in [5, 5.41) is 8.17. The van der Waals surface area contributed by atoms with Crippen LogP contribution in [0.1, 0.15) is 50.1 Å². The zero-order valence-corrected chi connectivity index (χ0v) is 23.7. The van der Waals surface area contributed by atoms with Crippen LogP contribution in [-0.2, 0) is 13.0 Å². The number of H-pyrrole nitrogens is 1. The summed E-state index contributed by atoms with van der Waals surface area (Å²) >= 11 is 7.53. The van der Waals surface area contributed by atoms with Crippen molar-refractivity contribution in [1.29, 1.82) is 0 Å². The van der Waals surface area contributed by atoms with E-state index in [0.29, 0.717) is 35.1 Å². The highest BCUT2D eigenvalue weighted by Crippen LogP contribution is 2.31. The fourth-order valence-electron chi connectivity index (χ4n) is 5.18. The standard InChI is InChI=1S/C25H33ClN6O4S2/c1-32-8-7-19-22(13-32)37-25(31-19)24(34)30-20-9-14(12-27-38(2,35)36)3-5-18(20)29-23(33)21-11-15-10-16(26)4-6-17(15)28-21/h4,6,10-11,14,18,20,27-28,35-36H,3,5,7-9,12-13H2,1-2H3,(H,29,33)(H,30,34)/p+1/t14-,18-,20+/m0/s1. The number of hydrogen-bond donors (Lipinski definition) is 5. The van der Waals surface area contributed by atoms with Crippen LogP contribution < -0.4 is 15.4 Å². The van der Waals surface area contributed by atoms with Gasteiger partial charge in [-0.05, 0) is 56.5 Å². The van der Waals surface area contributed by atoms with Crippen LogP contribution >= 0.6 is 33.7 Å². The SMILES string of the molecule is CN1CCc2nc(C(=O)N[C@@H]3C[C@@H](CNS(C)(O)[OH2+])CC[C@@H]3NC(=O)c3cc4cc(Cl)ccc4[nH]3)sc2C1. The maximum absolute atomic E-state index is 13.3. The molecule has 1 fully saturated rings. The zero-order chi connectivity index (χ0) is 27.0. The molecule has 10 nitrogen and oxygen atoms in total. The number of fused-ring (bicyclic) bond motifs is 2. The number of aromatic amines is 1. The molecule has 1 unspecified atom stereocenters. The molecule has 13 heteroatoms. The van der Waals surface area contributed by atoms with Crippen LogP contribution in [0.4, 0.5) is 0 Å². The number of benzene rings is 1. The Labute approximate surface area is 232 Å². The van der Waals surface area contributed by atoms with Crippen LogP contribution in [0, 0.1) is 5.92 Å². The quantitative estimate of drug-likeness (QED) is 0.271. The van der Waals surface area contributed by atoms with Crippen LogP contribution in [-0.4, -0.2) is 74.3 Å². The number of halogens is 1. The van der Waals surface area contributed by atoms with E-state index in [1.165, 1.54) is 17.6 Å². The molecule has 4 atom stereocenters. The molecule has 1 aliphatic heterocycles. The Morgan fingerprint density at radius 3 is 2.84 bits per heavy atom. The third-order valence-corrected chi connectivity index (χ3v) is 9.23. The van der Waals surface area contributed by atoms with Crippen molar-refractivity contribution < 1.29 is 18.7 Å². The average molecular weight is 582 g/mol. The number of aromatic nitrogens is 2. The number of amides is 2. The Morgan fingerprint density at radius 2 is 2.05 bits per heavy atom. The Hall–Kier alpha value is -2.19. The molecule has 38 heavy (non-hydrogen) atoms. The fourth-order valence-corrected chi connectivity index (χ4v) is 7.01. The molecule has 3 aromatic rings. The van der Waals surface area contributed by atoms with E-state index in [2.05, 4.69) is 37.3 Å². The van der Waals surface area contributed by atoms with Gasteiger partial charge in [0.15, 0.2) is 5.01 Å². The number of nitrogens with zero attached hydrogens (tertiary/aromatic N) is 2. The second-order valence-electron chi connectivity index (χ2n) is 10.4. The van der Waals surface area contributed by atoms with E-state index in [1.807, 2.05) is 6.07 Å². The van der Waals surface area contributed by atoms with Gasteiger partial charge in [-0.25, -0.2) is 4.98 Å². The summed E-state index contributed by atoms with van der Waals surface area (Å²) in [6.07, 6.45) is 4.35. The van der Waals surface area contributed by atoms with Gasteiger partial charge in [0.25, 0.3) is 11.8 Å². The van der Waals surface area contributed by atoms with Crippen molar-refractivity contribution >= 4 is 56.4 Å². The van der Waals surface area contributed by atoms with Crippen molar-refractivity contribution in [2.75, 3.05) is 26.4 Å². The molecule has 7 N–H and O–H groups in total. The number of carbonyl (C=O) groups is 2. The Bertz CT molecular complexity index is 1340. The third-order valence-electron chi connectivity index (χ3n) is 7.19. The van der Waals surface area contributed by atoms with Gasteiger partial charge in [0.2, 0.25) is 0 Å². The topological polar surface area (TPSA) is 145 Å². The lowest BCUT2D eigenvalue weighted by molar-refractivity contribution is 0.0842. The van der Waals surface area contributed by atoms with Crippen molar-refractivity contribution in [2.24, 2.45) is 5.92 Å². The molecule has 1 saturated carbocycles. The highest BCUT2D eigenvalue weighted by atomic mass is 35.5. The van der Waals surface area contributed by atoms with Gasteiger partial charge in [0, 0.05) is 58.9 Å². The van der Waals surface area contributed by atoms with Crippen LogP contribution in [0.3, 0.4) is 0 Å². The first-order valence-electron chi connectivity index (χ1n) is 12.6. The highest BCUT2D eigenvalue weighted by Gasteiger charge is 2.34. The Morgan fingerprint density at radius 1 is 1.26 bits per heavy atom. The summed E-state index contributed by atoms with van der Waals surface area (Å²) in [5.41, 5.74) is 2.25. The minimum atomic E-state index is -2.58. The van der Waals surface area contributed by atoms with Gasteiger partial charge in [0.1, 0.15) is 5.69 Å². The molecule has 0 spiro atoms. The van der Waals surface area contributed by atoms with Crippen LogP contribution in [0.15, 0.2) is 24.3 Å². The minimum absolute atomic E-state index is 0.145. The molecule has 2 aromatic heterocycles. The average Bonchev–Trinajstić information content (AvgIpc) is 3.47. The predicted molar refractivity (Wildman–Crippen MR) is 153 cm³/mol. The predicted octanol–water partition coefficient (Wildman–Crippen LogP) is 3.01. The van der Waals surface area contributed by atoms with E-state index in [0.717, 1.165) is 47.4 Å². The highest BCUT2D eigenvalue weighted by molar-refractivity contribution is 8.22. The summed E-state index contributed by atoms with van der Waals surface area (Å²) in [6.45, 7) is 2.19. The Kier molecular flexibility index (Phi) is 8.01. The number of carbonyl (C=O) groups excluding carboxylic acids is 2. The molecule has 2 amide bonds. The second-order valence-corrected chi connectivity index (χ2v) is 13.9. The molecule has 0 saturated heterocycles. The first-order valence-corrected chi connectivity index (χ1v) is 15.8. The molecular formula is C25H34ClN6O4S2+. The zero-order valence-electron chi connectivity index (χ0n) is 21.3. The lowest BCUT2D eigenvalue weighted by Gasteiger charge is -2.37. The van der Waals surface area contributed by atoms with Gasteiger partial charge < -0.3 is 25.1 Å². The number of thiazole rings is 1. The first-order chi connectivity index (χ1) is 18.0. The largest absolute Gasteiger partial charge is 0.351 e. The summed E-state index contributed by atoms with van der Waals surface area (Å²) in [4.78, 5) is 37.6. The molecule has 3 heterocycles. The van der Waals surface area contributed by atoms with E-state index >= 15 is 0 Å². The van der Waals surface area contributed by atoms with Gasteiger partial charge in [-0.2, -0.15) is 4.72 Å². The summed E-state index contributed by atoms with van der Waals surface area (Å²) < 4.78 is 20.6. The number of likely N-dealkylation sites (N-methyl/N-ethyl adjacent to an activating group) is 1. The molecular weight excluding hydrogens is 548 g/mol. The van der Waals surface area contributed by atoms with Gasteiger partial charge in [-0.3, -0.25) is 14.1 Å². The van der Waals surface area contributed by atoms with E-state index in [9.17, 15) is 14.1 Å². The minimum Gasteiger partial charge on any atom is -0.351 e. The molecule has 5 rings (SSSR count). The van der Waals surface area contributed by atoms with E-state index in [4.69, 9.17) is 16.2 Å². The molecule has 1 aromatic carbocycles. The van der Waals surface area contributed by atoms with Crippen LogP contribution in [0.25, 0.3) is 10.9 Å². The Balaban J connectivity index is 1.31. The third kappa shape index (κ3) is 6.50. The molecule has 0 radical (unpaired) electrons. The van der Waals surface area contributed by atoms with Gasteiger partial charge >= 0.3 is 0 Å². The monoisotopic (exact) mass is 581 g/mol. The molecule has 2 aliphatic rings. The van der Waals surface area contributed by atoms with Gasteiger partial charge in [-0.1, -0.05) is 22.4 Å². The van der Waals surface area contributed by atoms with Crippen molar-refractivity contribution in [3.63, 3.8) is 0 Å². The number of nitrogens with one attached hydrogen (secondary N) is 4. The fraction of sp³-hybridized carbons (Fsp3) is 0.480. The number of hydrogen-bond acceptors (Lipinski definition) is 7. The lowest BCUT2D eigenvalue weighted by atomic mass is 9.82. The van der Waals surface area contributed by atoms with Gasteiger partial charge in [0.05, 0.1) is 11.9 Å². The lowest BCUT2D eigenvalue weighted by Crippen LogP contribution is -2.55. The maximum Gasteiger partial charge on any atom is 0.280 e.